The molecule has 3 N–H and O–H groups in total. The maximum absolute atomic E-state index is 14.3. The molecule has 10 rings (SSSR count). The minimum atomic E-state index is -1.19. The summed E-state index contributed by atoms with van der Waals surface area (Å²) in [4.78, 5) is 61.9. The zero-order chi connectivity index (χ0) is 50.0. The number of carboxylic acid groups (broad SMARTS) is 1. The van der Waals surface area contributed by atoms with Gasteiger partial charge in [0, 0.05) is 71.6 Å². The fourth-order valence-corrected chi connectivity index (χ4v) is 10.9. The number of carboxylic acids is 1. The van der Waals surface area contributed by atoms with Gasteiger partial charge in [0.15, 0.2) is 0 Å². The van der Waals surface area contributed by atoms with Gasteiger partial charge in [-0.3, -0.25) is 9.97 Å². The van der Waals surface area contributed by atoms with Gasteiger partial charge in [0.25, 0.3) is 0 Å². The quantitative estimate of drug-likeness (QED) is 0.0627. The zero-order valence-corrected chi connectivity index (χ0v) is 40.4. The number of rotatable bonds is 16. The number of aromatic nitrogens is 2. The maximum atomic E-state index is 14.3. The Morgan fingerprint density at radius 2 is 1.25 bits per heavy atom. The van der Waals surface area contributed by atoms with E-state index in [0.29, 0.717) is 12.8 Å². The van der Waals surface area contributed by atoms with E-state index in [1.807, 2.05) is 98.8 Å². The topological polar surface area (TPSA) is 166 Å². The molecule has 0 saturated heterocycles. The van der Waals surface area contributed by atoms with Crippen LogP contribution in [-0.2, 0) is 48.5 Å². The number of allylic oxidation sites excluding steroid dienone is 4. The average Bonchev–Trinajstić information content (AvgIpc) is 3.84. The highest BCUT2D eigenvalue weighted by molar-refractivity contribution is 5.86. The first-order valence-corrected chi connectivity index (χ1v) is 24.5. The van der Waals surface area contributed by atoms with Crippen molar-refractivity contribution in [3.63, 3.8) is 0 Å². The molecule has 12 heteroatoms. The van der Waals surface area contributed by atoms with Crippen LogP contribution in [-0.4, -0.2) is 70.1 Å². The van der Waals surface area contributed by atoms with Crippen molar-refractivity contribution >= 4 is 45.7 Å². The average molecular weight is 961 g/mol. The first-order chi connectivity index (χ1) is 34.8. The summed E-state index contributed by atoms with van der Waals surface area (Å²) in [7, 11) is 0. The van der Waals surface area contributed by atoms with Crippen molar-refractivity contribution in [3.05, 3.63) is 203 Å². The van der Waals surface area contributed by atoms with Crippen molar-refractivity contribution in [3.8, 4) is 11.1 Å². The predicted molar refractivity (Wildman–Crippen MR) is 276 cm³/mol. The lowest BCUT2D eigenvalue weighted by atomic mass is 9.72. The Morgan fingerprint density at radius 1 is 0.667 bits per heavy atom. The van der Waals surface area contributed by atoms with E-state index in [0.717, 1.165) is 71.6 Å². The van der Waals surface area contributed by atoms with E-state index in [1.165, 1.54) is 0 Å². The number of pyridine rings is 2. The second-order valence-corrected chi connectivity index (χ2v) is 19.9. The second-order valence-electron chi connectivity index (χ2n) is 19.9. The summed E-state index contributed by atoms with van der Waals surface area (Å²) in [6, 6.07) is 35.7. The molecule has 2 heterocycles. The molecule has 364 valence electrons. The summed E-state index contributed by atoms with van der Waals surface area (Å²) in [6.07, 6.45) is 15.2. The van der Waals surface area contributed by atoms with Crippen LogP contribution in [0.15, 0.2) is 164 Å². The summed E-state index contributed by atoms with van der Waals surface area (Å²) in [5.41, 5.74) is 7.93. The van der Waals surface area contributed by atoms with Crippen LogP contribution >= 0.6 is 0 Å². The summed E-state index contributed by atoms with van der Waals surface area (Å²) >= 11 is 0. The molecule has 0 radical (unpaired) electrons. The molecule has 0 bridgehead atoms. The first-order valence-electron chi connectivity index (χ1n) is 24.5. The molecule has 0 aliphatic heterocycles. The van der Waals surface area contributed by atoms with Gasteiger partial charge in [0.1, 0.15) is 30.9 Å². The van der Waals surface area contributed by atoms with Gasteiger partial charge in [-0.05, 0) is 99.7 Å². The van der Waals surface area contributed by atoms with Crippen LogP contribution in [0.25, 0.3) is 32.7 Å². The lowest BCUT2D eigenvalue weighted by Gasteiger charge is -2.32. The largest absolute Gasteiger partial charge is 0.480 e. The number of aryl methyl sites for hydroxylation is 1. The molecule has 3 aliphatic rings. The third kappa shape index (κ3) is 9.94. The number of nitrogens with zero attached hydrogens (tertiary/aromatic N) is 2. The lowest BCUT2D eigenvalue weighted by Crippen LogP contribution is -2.46. The van der Waals surface area contributed by atoms with Gasteiger partial charge in [-0.1, -0.05) is 134 Å². The number of fused-ring (bicyclic) bond motifs is 8. The molecule has 72 heavy (non-hydrogen) atoms. The van der Waals surface area contributed by atoms with E-state index in [2.05, 4.69) is 82.1 Å². The molecule has 2 aromatic heterocycles. The van der Waals surface area contributed by atoms with E-state index < -0.39 is 41.8 Å². The molecule has 12 nitrogen and oxygen atoms in total. The molecule has 0 saturated carbocycles. The SMILES string of the molecule is CC(C)(CCc1ccc2c(c1)C1(C)C=CC=CC1C2COC(=O)N[C@@H](Cc1ccc2cnccc2c1)C(=O)O)OC(=O)[C@H](Cc1ccc2cnccc2c1)NC(=O)OCC1c2ccccc2-c2ccccc21. The van der Waals surface area contributed by atoms with E-state index in [-0.39, 0.29) is 49.2 Å². The smallest absolute Gasteiger partial charge is 0.407 e. The van der Waals surface area contributed by atoms with Crippen molar-refractivity contribution in [1.82, 2.24) is 20.6 Å². The number of ether oxygens (including phenoxy) is 3. The molecule has 5 atom stereocenters. The molecule has 0 spiro atoms. The molecule has 3 unspecified atom stereocenters. The number of amides is 2. The van der Waals surface area contributed by atoms with Crippen molar-refractivity contribution < 1.29 is 38.5 Å². The van der Waals surface area contributed by atoms with Crippen molar-refractivity contribution in [2.75, 3.05) is 13.2 Å². The van der Waals surface area contributed by atoms with Crippen LogP contribution in [0.4, 0.5) is 9.59 Å². The molecule has 7 aromatic rings. The highest BCUT2D eigenvalue weighted by atomic mass is 16.6. The second kappa shape index (κ2) is 19.9. The minimum absolute atomic E-state index is 0.0134. The first kappa shape index (κ1) is 47.6. The fraction of sp³-hybridized carbons (Fsp3) is 0.267. The van der Waals surface area contributed by atoms with E-state index >= 15 is 0 Å². The molecular weight excluding hydrogens is 905 g/mol. The molecule has 2 amide bonds. The Kier molecular flexibility index (Phi) is 13.2. The van der Waals surface area contributed by atoms with E-state index in [4.69, 9.17) is 14.2 Å². The van der Waals surface area contributed by atoms with Crippen molar-refractivity contribution in [1.29, 1.82) is 0 Å². The van der Waals surface area contributed by atoms with Crippen LogP contribution < -0.4 is 10.6 Å². The third-order valence-electron chi connectivity index (χ3n) is 14.7. The summed E-state index contributed by atoms with van der Waals surface area (Å²) in [5, 5.41) is 19.3. The van der Waals surface area contributed by atoms with Gasteiger partial charge in [-0.15, -0.1) is 0 Å². The van der Waals surface area contributed by atoms with Gasteiger partial charge in [0.05, 0.1) is 0 Å². The van der Waals surface area contributed by atoms with Gasteiger partial charge in [0.2, 0.25) is 0 Å². The Morgan fingerprint density at radius 3 is 1.89 bits per heavy atom. The van der Waals surface area contributed by atoms with E-state index in [1.54, 1.807) is 24.8 Å². The van der Waals surface area contributed by atoms with Crippen LogP contribution in [0, 0.1) is 5.92 Å². The highest BCUT2D eigenvalue weighted by Crippen LogP contribution is 2.54. The number of hydrogen-bond acceptors (Lipinski definition) is 9. The number of nitrogens with one attached hydrogen (secondary N) is 2. The van der Waals surface area contributed by atoms with Crippen LogP contribution in [0.2, 0.25) is 0 Å². The molecule has 5 aromatic carbocycles. The van der Waals surface area contributed by atoms with Crippen molar-refractivity contribution in [2.24, 2.45) is 5.92 Å². The zero-order valence-electron chi connectivity index (χ0n) is 40.4. The summed E-state index contributed by atoms with van der Waals surface area (Å²) in [5.74, 6) is -2.06. The Balaban J connectivity index is 0.797. The van der Waals surface area contributed by atoms with Crippen LogP contribution in [0.5, 0.6) is 0 Å². The Bertz CT molecular complexity index is 3250. The molecular formula is C60H56N4O8. The third-order valence-corrected chi connectivity index (χ3v) is 14.7. The highest BCUT2D eigenvalue weighted by Gasteiger charge is 2.48. The van der Waals surface area contributed by atoms with Crippen LogP contribution in [0.3, 0.4) is 0 Å². The number of aliphatic carboxylic acids is 1. The predicted octanol–water partition coefficient (Wildman–Crippen LogP) is 10.7. The molecule has 3 aliphatic carbocycles. The maximum Gasteiger partial charge on any atom is 0.407 e. The number of carbonyl (C=O) groups is 4. The number of alkyl carbamates (subject to hydrolysis) is 2. The van der Waals surface area contributed by atoms with Gasteiger partial charge < -0.3 is 30.0 Å². The van der Waals surface area contributed by atoms with Gasteiger partial charge in [-0.2, -0.15) is 0 Å². The lowest BCUT2D eigenvalue weighted by molar-refractivity contribution is -0.159. The normalized spacial score (nSPS) is 18.3. The van der Waals surface area contributed by atoms with Crippen LogP contribution in [0.1, 0.15) is 78.0 Å². The van der Waals surface area contributed by atoms with Gasteiger partial charge in [-0.25, -0.2) is 19.2 Å². The Hall–Kier alpha value is -8.12. The number of benzene rings is 5. The van der Waals surface area contributed by atoms with E-state index in [9.17, 15) is 24.3 Å². The van der Waals surface area contributed by atoms with Gasteiger partial charge >= 0.3 is 24.1 Å². The fourth-order valence-electron chi connectivity index (χ4n) is 10.9. The number of hydrogen-bond donors (Lipinski definition) is 3. The monoisotopic (exact) mass is 960 g/mol. The standard InChI is InChI=1S/C60H56N4O8/c1-59(2,72-56(67)54(32-39-16-19-43-34-62-27-23-41(43)29-39)64-58(69)70-35-49-46-12-6-4-10-44(46)45-11-5-7-13-47(45)49)25-21-37-17-20-48-50(51-14-8-9-24-60(51,3)52(48)30-37)36-71-57(68)63-53(55(65)66)31-38-15-18-42-33-61-26-22-40(42)28-38/h4-20,22-24,26-30,33-34,49-51,53-54H,21,25,31-32,35-36H2,1-3H3,(H,63,68)(H,64,69)(H,65,66)/t50?,51?,53-,54-,60?/m0/s1. The molecule has 0 fully saturated rings. The summed E-state index contributed by atoms with van der Waals surface area (Å²) in [6.45, 7) is 6.10. The number of esters is 1. The summed E-state index contributed by atoms with van der Waals surface area (Å²) < 4.78 is 18.0. The Labute approximate surface area is 418 Å². The van der Waals surface area contributed by atoms with Crippen molar-refractivity contribution in [2.45, 2.75) is 81.4 Å². The number of carbonyl (C=O) groups excluding carboxylic acids is 3. The minimum Gasteiger partial charge on any atom is -0.480 e.